The standard InChI is InChI=1S/C22H23ClN4O/c1-15-20(13-24-26-15)22(28)27-11-3-4-17(14-27)21-6-2-5-19(25-21)12-16-7-9-18(23)10-8-16/h2,5-10,13,17H,3-4,11-12,14H2,1H3,(H,24,26). The summed E-state index contributed by atoms with van der Waals surface area (Å²) in [6.07, 6.45) is 4.42. The lowest BCUT2D eigenvalue weighted by Gasteiger charge is -2.32. The van der Waals surface area contributed by atoms with E-state index in [4.69, 9.17) is 16.6 Å². The Morgan fingerprint density at radius 2 is 2.07 bits per heavy atom. The smallest absolute Gasteiger partial charge is 0.257 e. The molecule has 5 nitrogen and oxygen atoms in total. The molecule has 144 valence electrons. The topological polar surface area (TPSA) is 61.9 Å². The monoisotopic (exact) mass is 394 g/mol. The van der Waals surface area contributed by atoms with Gasteiger partial charge in [-0.3, -0.25) is 14.9 Å². The number of aromatic amines is 1. The minimum Gasteiger partial charge on any atom is -0.338 e. The Bertz CT molecular complexity index is 967. The van der Waals surface area contributed by atoms with Crippen LogP contribution in [0.4, 0.5) is 0 Å². The van der Waals surface area contributed by atoms with Crippen molar-refractivity contribution in [2.24, 2.45) is 0 Å². The zero-order valence-corrected chi connectivity index (χ0v) is 16.6. The number of piperidine rings is 1. The Morgan fingerprint density at radius 3 is 2.82 bits per heavy atom. The largest absolute Gasteiger partial charge is 0.338 e. The van der Waals surface area contributed by atoms with Gasteiger partial charge in [0.1, 0.15) is 0 Å². The molecule has 0 spiro atoms. The van der Waals surface area contributed by atoms with Crippen molar-refractivity contribution in [1.29, 1.82) is 0 Å². The molecule has 6 heteroatoms. The van der Waals surface area contributed by atoms with Crippen LogP contribution in [-0.4, -0.2) is 39.1 Å². The molecule has 2 aromatic heterocycles. The number of pyridine rings is 1. The lowest BCUT2D eigenvalue weighted by molar-refractivity contribution is 0.0705. The summed E-state index contributed by atoms with van der Waals surface area (Å²) < 4.78 is 0. The second-order valence-electron chi connectivity index (χ2n) is 7.36. The number of amides is 1. The van der Waals surface area contributed by atoms with Crippen LogP contribution in [0.25, 0.3) is 0 Å². The summed E-state index contributed by atoms with van der Waals surface area (Å²) in [5.74, 6) is 0.309. The number of aryl methyl sites for hydroxylation is 1. The van der Waals surface area contributed by atoms with Crippen molar-refractivity contribution in [2.75, 3.05) is 13.1 Å². The molecule has 1 saturated heterocycles. The number of carbonyl (C=O) groups excluding carboxylic acids is 1. The summed E-state index contributed by atoms with van der Waals surface area (Å²) in [7, 11) is 0. The first-order valence-electron chi connectivity index (χ1n) is 9.59. The molecule has 1 unspecified atom stereocenters. The van der Waals surface area contributed by atoms with Crippen molar-refractivity contribution in [2.45, 2.75) is 32.1 Å². The first kappa shape index (κ1) is 18.7. The molecule has 1 aliphatic heterocycles. The fourth-order valence-corrected chi connectivity index (χ4v) is 3.90. The van der Waals surface area contributed by atoms with E-state index in [0.717, 1.165) is 47.9 Å². The maximum absolute atomic E-state index is 12.8. The summed E-state index contributed by atoms with van der Waals surface area (Å²) in [6, 6.07) is 14.1. The molecule has 0 radical (unpaired) electrons. The van der Waals surface area contributed by atoms with Crippen LogP contribution < -0.4 is 0 Å². The van der Waals surface area contributed by atoms with E-state index in [2.05, 4.69) is 28.4 Å². The van der Waals surface area contributed by atoms with Gasteiger partial charge in [-0.1, -0.05) is 29.8 Å². The molecule has 28 heavy (non-hydrogen) atoms. The molecule has 3 heterocycles. The summed E-state index contributed by atoms with van der Waals surface area (Å²) in [6.45, 7) is 3.36. The van der Waals surface area contributed by atoms with Gasteiger partial charge in [-0.15, -0.1) is 0 Å². The van der Waals surface area contributed by atoms with Gasteiger partial charge in [0.15, 0.2) is 0 Å². The summed E-state index contributed by atoms with van der Waals surface area (Å²) in [5, 5.41) is 7.57. The maximum Gasteiger partial charge on any atom is 0.257 e. The number of H-pyrrole nitrogens is 1. The number of carbonyl (C=O) groups is 1. The molecule has 1 fully saturated rings. The zero-order chi connectivity index (χ0) is 19.5. The van der Waals surface area contributed by atoms with Crippen molar-refractivity contribution in [3.8, 4) is 0 Å². The molecular weight excluding hydrogens is 372 g/mol. The number of hydrogen-bond donors (Lipinski definition) is 1. The summed E-state index contributed by atoms with van der Waals surface area (Å²) in [5.41, 5.74) is 4.76. The van der Waals surface area contributed by atoms with Gasteiger partial charge in [0.2, 0.25) is 0 Å². The van der Waals surface area contributed by atoms with E-state index in [-0.39, 0.29) is 11.8 Å². The number of nitrogens with zero attached hydrogens (tertiary/aromatic N) is 3. The second-order valence-corrected chi connectivity index (χ2v) is 7.79. The van der Waals surface area contributed by atoms with Gasteiger partial charge in [0.25, 0.3) is 5.91 Å². The van der Waals surface area contributed by atoms with Gasteiger partial charge in [-0.05, 0) is 49.6 Å². The van der Waals surface area contributed by atoms with Crippen molar-refractivity contribution < 1.29 is 4.79 Å². The fraction of sp³-hybridized carbons (Fsp3) is 0.318. The Hall–Kier alpha value is -2.66. The zero-order valence-electron chi connectivity index (χ0n) is 15.9. The molecule has 0 aliphatic carbocycles. The molecular formula is C22H23ClN4O. The number of benzene rings is 1. The Labute approximate surface area is 169 Å². The Morgan fingerprint density at radius 1 is 1.25 bits per heavy atom. The first-order chi connectivity index (χ1) is 13.6. The maximum atomic E-state index is 12.8. The number of aromatic nitrogens is 3. The number of nitrogens with one attached hydrogen (secondary N) is 1. The highest BCUT2D eigenvalue weighted by molar-refractivity contribution is 6.30. The van der Waals surface area contributed by atoms with E-state index in [1.165, 1.54) is 5.56 Å². The van der Waals surface area contributed by atoms with Crippen LogP contribution in [0.2, 0.25) is 5.02 Å². The highest BCUT2D eigenvalue weighted by atomic mass is 35.5. The van der Waals surface area contributed by atoms with Gasteiger partial charge in [-0.25, -0.2) is 0 Å². The molecule has 3 aromatic rings. The fourth-order valence-electron chi connectivity index (χ4n) is 3.78. The van der Waals surface area contributed by atoms with E-state index in [9.17, 15) is 4.79 Å². The predicted molar refractivity (Wildman–Crippen MR) is 110 cm³/mol. The Balaban J connectivity index is 1.48. The van der Waals surface area contributed by atoms with Crippen LogP contribution in [0.5, 0.6) is 0 Å². The highest BCUT2D eigenvalue weighted by Gasteiger charge is 2.27. The lowest BCUT2D eigenvalue weighted by atomic mass is 9.93. The molecule has 1 N–H and O–H groups in total. The van der Waals surface area contributed by atoms with E-state index < -0.39 is 0 Å². The third kappa shape index (κ3) is 4.09. The molecule has 4 rings (SSSR count). The summed E-state index contributed by atoms with van der Waals surface area (Å²) in [4.78, 5) is 19.7. The van der Waals surface area contributed by atoms with E-state index in [1.54, 1.807) is 6.20 Å². The van der Waals surface area contributed by atoms with Gasteiger partial charge < -0.3 is 4.90 Å². The van der Waals surface area contributed by atoms with Gasteiger partial charge in [0.05, 0.1) is 11.8 Å². The number of halogens is 1. The number of rotatable bonds is 4. The third-order valence-corrected chi connectivity index (χ3v) is 5.57. The molecule has 0 bridgehead atoms. The molecule has 0 saturated carbocycles. The molecule has 1 atom stereocenters. The van der Waals surface area contributed by atoms with Gasteiger partial charge in [-0.2, -0.15) is 5.10 Å². The Kier molecular flexibility index (Phi) is 5.44. The van der Waals surface area contributed by atoms with Gasteiger partial charge >= 0.3 is 0 Å². The van der Waals surface area contributed by atoms with Crippen molar-refractivity contribution in [3.63, 3.8) is 0 Å². The van der Waals surface area contributed by atoms with Crippen molar-refractivity contribution in [1.82, 2.24) is 20.1 Å². The molecule has 1 amide bonds. The van der Waals surface area contributed by atoms with Gasteiger partial charge in [0, 0.05) is 47.5 Å². The van der Waals surface area contributed by atoms with Crippen molar-refractivity contribution >= 4 is 17.5 Å². The van der Waals surface area contributed by atoms with Crippen LogP contribution >= 0.6 is 11.6 Å². The number of hydrogen-bond acceptors (Lipinski definition) is 3. The average Bonchev–Trinajstić information content (AvgIpc) is 3.15. The van der Waals surface area contributed by atoms with E-state index >= 15 is 0 Å². The van der Waals surface area contributed by atoms with Crippen LogP contribution in [0.1, 0.15) is 51.8 Å². The van der Waals surface area contributed by atoms with Crippen LogP contribution in [-0.2, 0) is 6.42 Å². The summed E-state index contributed by atoms with van der Waals surface area (Å²) >= 11 is 5.97. The van der Waals surface area contributed by atoms with Crippen LogP contribution in [0.15, 0.2) is 48.7 Å². The molecule has 1 aromatic carbocycles. The minimum absolute atomic E-state index is 0.0493. The molecule has 1 aliphatic rings. The average molecular weight is 395 g/mol. The predicted octanol–water partition coefficient (Wildman–Crippen LogP) is 4.38. The minimum atomic E-state index is 0.0493. The number of likely N-dealkylation sites (tertiary alicyclic amines) is 1. The third-order valence-electron chi connectivity index (χ3n) is 5.31. The SMILES string of the molecule is Cc1[nH]ncc1C(=O)N1CCCC(c2cccc(Cc3ccc(Cl)cc3)n2)C1. The lowest BCUT2D eigenvalue weighted by Crippen LogP contribution is -2.39. The van der Waals surface area contributed by atoms with Crippen LogP contribution in [0, 0.1) is 6.92 Å². The normalized spacial score (nSPS) is 16.9. The van der Waals surface area contributed by atoms with Crippen molar-refractivity contribution in [3.05, 3.63) is 81.9 Å². The quantitative estimate of drug-likeness (QED) is 0.714. The second kappa shape index (κ2) is 8.15. The first-order valence-corrected chi connectivity index (χ1v) is 9.97. The van der Waals surface area contributed by atoms with E-state index in [1.807, 2.05) is 36.1 Å². The van der Waals surface area contributed by atoms with E-state index in [0.29, 0.717) is 12.1 Å². The van der Waals surface area contributed by atoms with Crippen LogP contribution in [0.3, 0.4) is 0 Å². The highest BCUT2D eigenvalue weighted by Crippen LogP contribution is 2.27.